The van der Waals surface area contributed by atoms with Crippen LogP contribution in [-0.2, 0) is 35.5 Å². The molecule has 0 aliphatic carbocycles. The van der Waals surface area contributed by atoms with Crippen molar-refractivity contribution in [3.8, 4) is 0 Å². The zero-order valence-corrected chi connectivity index (χ0v) is 20.8. The minimum Gasteiger partial charge on any atom is -0.367 e. The number of rotatable bonds is 13. The van der Waals surface area contributed by atoms with Crippen molar-refractivity contribution in [1.29, 1.82) is 0 Å². The normalized spacial score (nSPS) is 11.3. The highest BCUT2D eigenvalue weighted by atomic mass is 19.1. The molecule has 0 bridgehead atoms. The number of benzene rings is 3. The van der Waals surface area contributed by atoms with Crippen molar-refractivity contribution in [2.75, 3.05) is 26.7 Å². The number of amides is 1. The van der Waals surface area contributed by atoms with E-state index >= 15 is 0 Å². The number of nitrogens with one attached hydrogen (secondary N) is 2. The first-order valence-electron chi connectivity index (χ1n) is 12.5. The van der Waals surface area contributed by atoms with E-state index < -0.39 is 0 Å². The number of fused-ring (bicyclic) bond motifs is 1. The molecule has 0 saturated carbocycles. The fraction of sp³-hybridized carbons (Fsp3) is 0.300. The van der Waals surface area contributed by atoms with Crippen LogP contribution in [0.15, 0.2) is 79.0 Å². The Bertz CT molecular complexity index is 1240. The number of ether oxygens (including phenoxy) is 1. The predicted octanol–water partition coefficient (Wildman–Crippen LogP) is 5.25. The molecular weight excluding hydrogens is 453 g/mol. The van der Waals surface area contributed by atoms with Crippen LogP contribution < -0.4 is 5.32 Å². The quantitative estimate of drug-likeness (QED) is 0.253. The summed E-state index contributed by atoms with van der Waals surface area (Å²) in [5.74, 6) is -0.418. The van der Waals surface area contributed by atoms with E-state index in [-0.39, 0.29) is 24.9 Å². The van der Waals surface area contributed by atoms with Crippen molar-refractivity contribution in [3.63, 3.8) is 0 Å². The van der Waals surface area contributed by atoms with Crippen molar-refractivity contribution >= 4 is 16.8 Å². The summed E-state index contributed by atoms with van der Waals surface area (Å²) < 4.78 is 18.3. The van der Waals surface area contributed by atoms with E-state index in [2.05, 4.69) is 77.0 Å². The van der Waals surface area contributed by atoms with Crippen LogP contribution in [0, 0.1) is 5.82 Å². The van der Waals surface area contributed by atoms with Gasteiger partial charge in [0, 0.05) is 36.7 Å². The monoisotopic (exact) mass is 487 g/mol. The van der Waals surface area contributed by atoms with Crippen LogP contribution in [0.2, 0.25) is 0 Å². The number of aryl methyl sites for hydroxylation is 1. The molecule has 188 valence electrons. The molecule has 0 atom stereocenters. The van der Waals surface area contributed by atoms with Crippen molar-refractivity contribution < 1.29 is 13.9 Å². The number of H-pyrrole nitrogens is 1. The van der Waals surface area contributed by atoms with Crippen LogP contribution >= 0.6 is 0 Å². The molecule has 3 aromatic carbocycles. The molecule has 5 nitrogen and oxygen atoms in total. The lowest BCUT2D eigenvalue weighted by molar-refractivity contribution is -0.126. The third-order valence-electron chi connectivity index (χ3n) is 6.29. The number of nitrogens with zero attached hydrogens (tertiary/aromatic N) is 1. The van der Waals surface area contributed by atoms with Crippen molar-refractivity contribution in [3.05, 3.63) is 107 Å². The Kier molecular flexibility index (Phi) is 9.25. The summed E-state index contributed by atoms with van der Waals surface area (Å²) in [6.45, 7) is 2.81. The van der Waals surface area contributed by atoms with Gasteiger partial charge in [0.25, 0.3) is 0 Å². The molecule has 0 spiro atoms. The number of likely N-dealkylation sites (N-methyl/N-ethyl adjacent to an activating group) is 1. The van der Waals surface area contributed by atoms with Gasteiger partial charge in [0.05, 0.1) is 6.61 Å². The first-order valence-corrected chi connectivity index (χ1v) is 12.5. The van der Waals surface area contributed by atoms with E-state index in [0.29, 0.717) is 6.54 Å². The third kappa shape index (κ3) is 7.77. The van der Waals surface area contributed by atoms with E-state index in [1.165, 1.54) is 39.7 Å². The second kappa shape index (κ2) is 13.0. The molecular formula is C30H34FN3O2. The first kappa shape index (κ1) is 25.6. The van der Waals surface area contributed by atoms with Crippen molar-refractivity contribution in [2.45, 2.75) is 32.4 Å². The highest BCUT2D eigenvalue weighted by molar-refractivity contribution is 5.83. The fourth-order valence-electron chi connectivity index (χ4n) is 4.27. The molecule has 1 amide bonds. The molecule has 0 aliphatic heterocycles. The Hall–Kier alpha value is -3.48. The molecule has 0 fully saturated rings. The van der Waals surface area contributed by atoms with Crippen molar-refractivity contribution in [1.82, 2.24) is 15.2 Å². The lowest BCUT2D eigenvalue weighted by Crippen LogP contribution is -2.28. The van der Waals surface area contributed by atoms with Gasteiger partial charge in [-0.15, -0.1) is 0 Å². The lowest BCUT2D eigenvalue weighted by atomic mass is 10.1. The molecule has 2 N–H and O–H groups in total. The first-order chi connectivity index (χ1) is 17.6. The van der Waals surface area contributed by atoms with Gasteiger partial charge in [-0.05, 0) is 66.8 Å². The average Bonchev–Trinajstić information content (AvgIpc) is 3.31. The zero-order chi connectivity index (χ0) is 25.2. The molecule has 4 rings (SSSR count). The molecule has 0 aliphatic rings. The zero-order valence-electron chi connectivity index (χ0n) is 20.8. The van der Waals surface area contributed by atoms with Crippen LogP contribution in [0.3, 0.4) is 0 Å². The van der Waals surface area contributed by atoms with E-state index in [0.717, 1.165) is 37.9 Å². The summed E-state index contributed by atoms with van der Waals surface area (Å²) in [7, 11) is 2.16. The lowest BCUT2D eigenvalue weighted by Gasteiger charge is -2.17. The van der Waals surface area contributed by atoms with E-state index in [9.17, 15) is 9.18 Å². The topological polar surface area (TPSA) is 57.4 Å². The standard InChI is InChI=1S/C30H34FN3O2/c1-34(18-16-26-19-33-29-7-3-2-6-28(26)29)20-24-10-8-23(9-11-24)5-4-17-32-30(35)22-36-21-25-12-14-27(31)15-13-25/h2-3,6-15,19,33H,4-5,16-18,20-22H2,1H3,(H,32,35). The molecule has 6 heteroatoms. The van der Waals surface area contributed by atoms with Gasteiger partial charge >= 0.3 is 0 Å². The van der Waals surface area contributed by atoms with Crippen LogP contribution in [0.1, 0.15) is 28.7 Å². The largest absolute Gasteiger partial charge is 0.367 e. The Morgan fingerprint density at radius 2 is 1.67 bits per heavy atom. The second-order valence-electron chi connectivity index (χ2n) is 9.24. The average molecular weight is 488 g/mol. The molecule has 0 radical (unpaired) electrons. The van der Waals surface area contributed by atoms with E-state index in [1.807, 2.05) is 0 Å². The Balaban J connectivity index is 1.10. The molecule has 0 saturated heterocycles. The number of hydrogen-bond donors (Lipinski definition) is 2. The maximum atomic E-state index is 12.9. The Morgan fingerprint density at radius 1 is 0.944 bits per heavy atom. The summed E-state index contributed by atoms with van der Waals surface area (Å²) in [5.41, 5.74) is 5.96. The van der Waals surface area contributed by atoms with Gasteiger partial charge in [-0.2, -0.15) is 0 Å². The molecule has 4 aromatic rings. The second-order valence-corrected chi connectivity index (χ2v) is 9.24. The third-order valence-corrected chi connectivity index (χ3v) is 6.29. The highest BCUT2D eigenvalue weighted by Crippen LogP contribution is 2.18. The number of carbonyl (C=O) groups is 1. The van der Waals surface area contributed by atoms with Crippen LogP contribution in [-0.4, -0.2) is 42.5 Å². The summed E-state index contributed by atoms with van der Waals surface area (Å²) in [5, 5.41) is 4.20. The maximum Gasteiger partial charge on any atom is 0.246 e. The van der Waals surface area contributed by atoms with Gasteiger partial charge in [0.15, 0.2) is 0 Å². The molecule has 36 heavy (non-hydrogen) atoms. The van der Waals surface area contributed by atoms with Gasteiger partial charge in [-0.3, -0.25) is 4.79 Å². The SMILES string of the molecule is CN(CCc1c[nH]c2ccccc12)Cc1ccc(CCCNC(=O)COCc2ccc(F)cc2)cc1. The smallest absolute Gasteiger partial charge is 0.246 e. The van der Waals surface area contributed by atoms with Gasteiger partial charge in [0.1, 0.15) is 12.4 Å². The van der Waals surface area contributed by atoms with Crippen LogP contribution in [0.5, 0.6) is 0 Å². The van der Waals surface area contributed by atoms with Gasteiger partial charge < -0.3 is 19.9 Å². The van der Waals surface area contributed by atoms with Crippen LogP contribution in [0.4, 0.5) is 4.39 Å². The summed E-state index contributed by atoms with van der Waals surface area (Å²) in [6, 6.07) is 23.3. The summed E-state index contributed by atoms with van der Waals surface area (Å²) in [4.78, 5) is 17.6. The predicted molar refractivity (Wildman–Crippen MR) is 142 cm³/mol. The Labute approximate surface area is 212 Å². The van der Waals surface area contributed by atoms with Gasteiger partial charge in [0.2, 0.25) is 5.91 Å². The van der Waals surface area contributed by atoms with E-state index in [4.69, 9.17) is 4.74 Å². The van der Waals surface area contributed by atoms with E-state index in [1.54, 1.807) is 12.1 Å². The molecule has 1 heterocycles. The number of para-hydroxylation sites is 1. The van der Waals surface area contributed by atoms with Crippen molar-refractivity contribution in [2.24, 2.45) is 0 Å². The maximum absolute atomic E-state index is 12.9. The van der Waals surface area contributed by atoms with Crippen LogP contribution in [0.25, 0.3) is 10.9 Å². The number of halogens is 1. The number of carbonyl (C=O) groups excluding carboxylic acids is 1. The van der Waals surface area contributed by atoms with Gasteiger partial charge in [-0.25, -0.2) is 4.39 Å². The highest BCUT2D eigenvalue weighted by Gasteiger charge is 2.06. The molecule has 1 aromatic heterocycles. The fourth-order valence-corrected chi connectivity index (χ4v) is 4.27. The Morgan fingerprint density at radius 3 is 2.47 bits per heavy atom. The number of aromatic amines is 1. The summed E-state index contributed by atoms with van der Waals surface area (Å²) in [6.07, 6.45) is 4.92. The van der Waals surface area contributed by atoms with Gasteiger partial charge in [-0.1, -0.05) is 54.6 Å². The number of aromatic nitrogens is 1. The minimum atomic E-state index is -0.282. The summed E-state index contributed by atoms with van der Waals surface area (Å²) >= 11 is 0. The minimum absolute atomic E-state index is 0.000100. The molecule has 0 unspecified atom stereocenters. The number of hydrogen-bond acceptors (Lipinski definition) is 3.